The SMILES string of the molecule is C[C@H]1CN(c2ccc(C#N)n3nccc23)Cc2ccc(OC3CCNCC3)nc21. The van der Waals surface area contributed by atoms with Crippen LogP contribution in [0.15, 0.2) is 36.5 Å². The number of rotatable bonds is 3. The smallest absolute Gasteiger partial charge is 0.213 e. The molecule has 5 rings (SSSR count). The van der Waals surface area contributed by atoms with Crippen molar-refractivity contribution in [1.82, 2.24) is 19.9 Å². The molecule has 7 nitrogen and oxygen atoms in total. The van der Waals surface area contributed by atoms with Crippen molar-refractivity contribution in [2.75, 3.05) is 24.5 Å². The second-order valence-electron chi connectivity index (χ2n) is 7.89. The summed E-state index contributed by atoms with van der Waals surface area (Å²) in [7, 11) is 0. The number of nitrogens with zero attached hydrogens (tertiary/aromatic N) is 5. The minimum Gasteiger partial charge on any atom is -0.474 e. The number of fused-ring (bicyclic) bond motifs is 2. The van der Waals surface area contributed by atoms with Crippen LogP contribution in [0.4, 0.5) is 5.69 Å². The van der Waals surface area contributed by atoms with Crippen molar-refractivity contribution < 1.29 is 4.74 Å². The fourth-order valence-electron chi connectivity index (χ4n) is 4.42. The van der Waals surface area contributed by atoms with E-state index in [1.807, 2.05) is 24.3 Å². The molecule has 1 fully saturated rings. The maximum absolute atomic E-state index is 9.32. The predicted molar refractivity (Wildman–Crippen MR) is 110 cm³/mol. The van der Waals surface area contributed by atoms with Crippen LogP contribution in [0.1, 0.15) is 42.6 Å². The summed E-state index contributed by atoms with van der Waals surface area (Å²) < 4.78 is 7.86. The van der Waals surface area contributed by atoms with Crippen LogP contribution in [-0.4, -0.2) is 40.3 Å². The molecule has 1 atom stereocenters. The average molecular weight is 388 g/mol. The number of hydrogen-bond donors (Lipinski definition) is 1. The molecule has 1 N–H and O–H groups in total. The van der Waals surface area contributed by atoms with E-state index in [1.54, 1.807) is 10.7 Å². The molecule has 0 saturated carbocycles. The van der Waals surface area contributed by atoms with E-state index < -0.39 is 0 Å². The normalized spacial score (nSPS) is 19.7. The summed E-state index contributed by atoms with van der Waals surface area (Å²) in [5.41, 5.74) is 4.95. The van der Waals surface area contributed by atoms with Crippen LogP contribution >= 0.6 is 0 Å². The highest BCUT2D eigenvalue weighted by Gasteiger charge is 2.26. The highest BCUT2D eigenvalue weighted by Crippen LogP contribution is 2.34. The monoisotopic (exact) mass is 388 g/mol. The molecule has 0 radical (unpaired) electrons. The van der Waals surface area contributed by atoms with Gasteiger partial charge in [-0.1, -0.05) is 13.0 Å². The molecular formula is C22H24N6O. The molecule has 7 heteroatoms. The first-order valence-electron chi connectivity index (χ1n) is 10.2. The highest BCUT2D eigenvalue weighted by molar-refractivity contribution is 5.74. The van der Waals surface area contributed by atoms with Gasteiger partial charge in [0.2, 0.25) is 5.88 Å². The molecule has 29 heavy (non-hydrogen) atoms. The Morgan fingerprint density at radius 1 is 1.17 bits per heavy atom. The molecule has 3 aromatic heterocycles. The second kappa shape index (κ2) is 7.37. The minimum absolute atomic E-state index is 0.256. The van der Waals surface area contributed by atoms with Crippen molar-refractivity contribution in [3.63, 3.8) is 0 Å². The van der Waals surface area contributed by atoms with Gasteiger partial charge in [-0.05, 0) is 49.7 Å². The summed E-state index contributed by atoms with van der Waals surface area (Å²) in [6, 6.07) is 12.2. The quantitative estimate of drug-likeness (QED) is 0.743. The van der Waals surface area contributed by atoms with E-state index in [0.29, 0.717) is 5.69 Å². The Labute approximate surface area is 169 Å². The summed E-state index contributed by atoms with van der Waals surface area (Å²) >= 11 is 0. The van der Waals surface area contributed by atoms with Crippen molar-refractivity contribution in [3.8, 4) is 11.9 Å². The first-order chi connectivity index (χ1) is 14.2. The van der Waals surface area contributed by atoms with Crippen LogP contribution < -0.4 is 15.0 Å². The van der Waals surface area contributed by atoms with Crippen molar-refractivity contribution in [3.05, 3.63) is 53.5 Å². The van der Waals surface area contributed by atoms with Crippen molar-refractivity contribution in [1.29, 1.82) is 5.26 Å². The van der Waals surface area contributed by atoms with Gasteiger partial charge in [-0.3, -0.25) is 0 Å². The van der Waals surface area contributed by atoms with Gasteiger partial charge in [0, 0.05) is 25.1 Å². The summed E-state index contributed by atoms with van der Waals surface area (Å²) in [6.45, 7) is 5.88. The van der Waals surface area contributed by atoms with Crippen molar-refractivity contribution >= 4 is 11.2 Å². The lowest BCUT2D eigenvalue weighted by molar-refractivity contribution is 0.155. The lowest BCUT2D eigenvalue weighted by Gasteiger charge is -2.34. The molecule has 2 aliphatic rings. The van der Waals surface area contributed by atoms with E-state index in [9.17, 15) is 5.26 Å². The van der Waals surface area contributed by atoms with Crippen LogP contribution in [0.5, 0.6) is 5.88 Å². The van der Waals surface area contributed by atoms with Crippen LogP contribution in [0.2, 0.25) is 0 Å². The number of ether oxygens (including phenoxy) is 1. The van der Waals surface area contributed by atoms with Gasteiger partial charge in [-0.25, -0.2) is 9.50 Å². The number of hydrogen-bond acceptors (Lipinski definition) is 6. The molecule has 0 aromatic carbocycles. The Balaban J connectivity index is 1.41. The lowest BCUT2D eigenvalue weighted by atomic mass is 9.96. The fraction of sp³-hybridized carbons (Fsp3) is 0.409. The average Bonchev–Trinajstić information content (AvgIpc) is 3.24. The third-order valence-electron chi connectivity index (χ3n) is 5.87. The Morgan fingerprint density at radius 2 is 2.03 bits per heavy atom. The zero-order valence-corrected chi connectivity index (χ0v) is 16.5. The van der Waals surface area contributed by atoms with Gasteiger partial charge in [0.15, 0.2) is 0 Å². The summed E-state index contributed by atoms with van der Waals surface area (Å²) in [5, 5.41) is 17.0. The maximum Gasteiger partial charge on any atom is 0.213 e. The summed E-state index contributed by atoms with van der Waals surface area (Å²) in [5.74, 6) is 1.03. The Bertz CT molecular complexity index is 1080. The third-order valence-corrected chi connectivity index (χ3v) is 5.87. The second-order valence-corrected chi connectivity index (χ2v) is 7.89. The summed E-state index contributed by atoms with van der Waals surface area (Å²) in [6.07, 6.45) is 4.06. The van der Waals surface area contributed by atoms with Gasteiger partial charge in [0.25, 0.3) is 0 Å². The molecule has 0 amide bonds. The molecule has 0 unspecified atom stereocenters. The molecule has 3 aromatic rings. The zero-order valence-electron chi connectivity index (χ0n) is 16.5. The van der Waals surface area contributed by atoms with E-state index in [2.05, 4.69) is 34.4 Å². The molecule has 0 spiro atoms. The topological polar surface area (TPSA) is 78.5 Å². The van der Waals surface area contributed by atoms with Crippen LogP contribution in [0.3, 0.4) is 0 Å². The van der Waals surface area contributed by atoms with Gasteiger partial charge in [0.05, 0.1) is 23.1 Å². The van der Waals surface area contributed by atoms with Crippen molar-refractivity contribution in [2.45, 2.75) is 38.3 Å². The molecular weight excluding hydrogens is 364 g/mol. The number of piperidine rings is 1. The molecule has 0 bridgehead atoms. The van der Waals surface area contributed by atoms with Crippen LogP contribution in [-0.2, 0) is 6.54 Å². The molecule has 2 aliphatic heterocycles. The molecule has 0 aliphatic carbocycles. The standard InChI is InChI=1S/C22H24N6O/c1-15-13-27(19-4-3-17(12-23)28-20(19)8-11-25-28)14-16-2-5-21(26-22(15)16)29-18-6-9-24-10-7-18/h2-5,8,11,15,18,24H,6-7,9-10,13-14H2,1H3/t15-/m0/s1. The Kier molecular flexibility index (Phi) is 4.57. The van der Waals surface area contributed by atoms with Gasteiger partial charge in [-0.2, -0.15) is 10.4 Å². The van der Waals surface area contributed by atoms with Gasteiger partial charge in [-0.15, -0.1) is 0 Å². The van der Waals surface area contributed by atoms with E-state index in [4.69, 9.17) is 9.72 Å². The molecule has 148 valence electrons. The van der Waals surface area contributed by atoms with Gasteiger partial charge < -0.3 is 15.0 Å². The first-order valence-corrected chi connectivity index (χ1v) is 10.2. The summed E-state index contributed by atoms with van der Waals surface area (Å²) in [4.78, 5) is 7.21. The van der Waals surface area contributed by atoms with Crippen LogP contribution in [0, 0.1) is 11.3 Å². The number of anilines is 1. The van der Waals surface area contributed by atoms with Gasteiger partial charge in [0.1, 0.15) is 17.9 Å². The molecule has 1 saturated heterocycles. The number of nitriles is 1. The lowest BCUT2D eigenvalue weighted by Crippen LogP contribution is -2.35. The number of aromatic nitrogens is 3. The van der Waals surface area contributed by atoms with Gasteiger partial charge >= 0.3 is 0 Å². The Hall–Kier alpha value is -3.11. The predicted octanol–water partition coefficient (Wildman–Crippen LogP) is 2.86. The van der Waals surface area contributed by atoms with E-state index >= 15 is 0 Å². The number of pyridine rings is 2. The fourth-order valence-corrected chi connectivity index (χ4v) is 4.42. The van der Waals surface area contributed by atoms with Crippen molar-refractivity contribution in [2.24, 2.45) is 0 Å². The third kappa shape index (κ3) is 3.30. The number of nitrogens with one attached hydrogen (secondary N) is 1. The Morgan fingerprint density at radius 3 is 2.86 bits per heavy atom. The molecule has 5 heterocycles. The highest BCUT2D eigenvalue weighted by atomic mass is 16.5. The van der Waals surface area contributed by atoms with E-state index in [1.165, 1.54) is 5.56 Å². The van der Waals surface area contributed by atoms with E-state index in [0.717, 1.165) is 61.8 Å². The van der Waals surface area contributed by atoms with Crippen LogP contribution in [0.25, 0.3) is 5.52 Å². The van der Waals surface area contributed by atoms with E-state index in [-0.39, 0.29) is 12.0 Å². The first kappa shape index (κ1) is 18.0. The maximum atomic E-state index is 9.32. The minimum atomic E-state index is 0.256. The zero-order chi connectivity index (χ0) is 19.8. The largest absolute Gasteiger partial charge is 0.474 e.